The molecule has 0 spiro atoms. The Morgan fingerprint density at radius 2 is 2.07 bits per heavy atom. The summed E-state index contributed by atoms with van der Waals surface area (Å²) in [6, 6.07) is 6.62. The number of hydrogen-bond acceptors (Lipinski definition) is 4. The summed E-state index contributed by atoms with van der Waals surface area (Å²) >= 11 is 0. The molecule has 1 aromatic rings. The van der Waals surface area contributed by atoms with Gasteiger partial charge in [-0.2, -0.15) is 0 Å². The first-order chi connectivity index (χ1) is 7.27. The molecule has 1 saturated heterocycles. The second-order valence-electron chi connectivity index (χ2n) is 3.35. The maximum atomic E-state index is 10.5. The van der Waals surface area contributed by atoms with Crippen molar-refractivity contribution in [2.45, 2.75) is 0 Å². The summed E-state index contributed by atoms with van der Waals surface area (Å²) < 4.78 is 0. The maximum Gasteiger partial charge on any atom is 0.269 e. The van der Waals surface area contributed by atoms with Crippen molar-refractivity contribution in [1.82, 2.24) is 5.32 Å². The van der Waals surface area contributed by atoms with E-state index in [1.807, 2.05) is 6.54 Å². The van der Waals surface area contributed by atoms with Gasteiger partial charge in [0.2, 0.25) is 0 Å². The number of rotatable bonds is 2. The monoisotopic (exact) mass is 206 g/mol. The largest absolute Gasteiger partial charge is 0.364 e. The second-order valence-corrected chi connectivity index (χ2v) is 3.35. The van der Waals surface area contributed by atoms with Gasteiger partial charge >= 0.3 is 0 Å². The predicted octanol–water partition coefficient (Wildman–Crippen LogP) is 1.17. The van der Waals surface area contributed by atoms with Crippen molar-refractivity contribution in [1.29, 1.82) is 0 Å². The molecular weight excluding hydrogens is 194 g/mol. The summed E-state index contributed by atoms with van der Waals surface area (Å²) in [7, 11) is 0. The molecule has 1 aromatic carbocycles. The van der Waals surface area contributed by atoms with E-state index in [0.717, 1.165) is 25.3 Å². The van der Waals surface area contributed by atoms with Crippen LogP contribution < -0.4 is 10.2 Å². The van der Waals surface area contributed by atoms with Gasteiger partial charge in [0.15, 0.2) is 0 Å². The molecule has 1 fully saturated rings. The third kappa shape index (κ3) is 2.24. The van der Waals surface area contributed by atoms with Gasteiger partial charge in [0.1, 0.15) is 0 Å². The lowest BCUT2D eigenvalue weighted by Crippen LogP contribution is -2.39. The van der Waals surface area contributed by atoms with E-state index in [-0.39, 0.29) is 10.6 Å². The Bertz CT molecular complexity index is 344. The van der Waals surface area contributed by atoms with Crippen LogP contribution in [0.5, 0.6) is 0 Å². The molecule has 0 unspecified atom stereocenters. The van der Waals surface area contributed by atoms with Crippen molar-refractivity contribution < 1.29 is 4.92 Å². The van der Waals surface area contributed by atoms with Crippen molar-refractivity contribution in [3.63, 3.8) is 0 Å². The van der Waals surface area contributed by atoms with E-state index >= 15 is 0 Å². The Kier molecular flexibility index (Phi) is 2.82. The van der Waals surface area contributed by atoms with Gasteiger partial charge < -0.3 is 10.2 Å². The number of hydrogen-bond donors (Lipinski definition) is 1. The molecular formula is C10H12N3O2. The fraction of sp³-hybridized carbons (Fsp3) is 0.300. The van der Waals surface area contributed by atoms with Crippen LogP contribution >= 0.6 is 0 Å². The molecule has 0 saturated carbocycles. The lowest BCUT2D eigenvalue weighted by atomic mass is 10.2. The summed E-state index contributed by atoms with van der Waals surface area (Å²) in [6.45, 7) is 4.73. The Hall–Kier alpha value is -1.62. The molecule has 0 aliphatic carbocycles. The van der Waals surface area contributed by atoms with E-state index in [1.54, 1.807) is 12.1 Å². The molecule has 0 atom stereocenters. The van der Waals surface area contributed by atoms with Crippen molar-refractivity contribution in [3.8, 4) is 0 Å². The fourth-order valence-corrected chi connectivity index (χ4v) is 1.57. The highest BCUT2D eigenvalue weighted by molar-refractivity contribution is 5.52. The zero-order valence-corrected chi connectivity index (χ0v) is 8.22. The van der Waals surface area contributed by atoms with Crippen molar-refractivity contribution in [2.75, 3.05) is 24.5 Å². The zero-order valence-electron chi connectivity index (χ0n) is 8.22. The molecule has 1 heterocycles. The minimum Gasteiger partial charge on any atom is -0.364 e. The van der Waals surface area contributed by atoms with Crippen LogP contribution in [0.3, 0.4) is 0 Å². The normalized spacial score (nSPS) is 16.4. The third-order valence-corrected chi connectivity index (χ3v) is 2.38. The number of piperazine rings is 1. The molecule has 0 bridgehead atoms. The smallest absolute Gasteiger partial charge is 0.269 e. The summed E-state index contributed by atoms with van der Waals surface area (Å²) in [5, 5.41) is 13.7. The summed E-state index contributed by atoms with van der Waals surface area (Å²) in [5.74, 6) is 0. The van der Waals surface area contributed by atoms with Crippen LogP contribution in [0.1, 0.15) is 0 Å². The fourth-order valence-electron chi connectivity index (χ4n) is 1.57. The average molecular weight is 206 g/mol. The number of benzene rings is 1. The maximum absolute atomic E-state index is 10.5. The zero-order chi connectivity index (χ0) is 10.7. The predicted molar refractivity (Wildman–Crippen MR) is 57.6 cm³/mol. The minimum absolute atomic E-state index is 0.133. The van der Waals surface area contributed by atoms with Crippen molar-refractivity contribution in [3.05, 3.63) is 40.9 Å². The van der Waals surface area contributed by atoms with Gasteiger partial charge in [-0.05, 0) is 12.1 Å². The molecule has 2 rings (SSSR count). The molecule has 79 valence electrons. The van der Waals surface area contributed by atoms with E-state index < -0.39 is 0 Å². The second kappa shape index (κ2) is 4.27. The summed E-state index contributed by atoms with van der Waals surface area (Å²) in [6.07, 6.45) is 0. The van der Waals surface area contributed by atoms with Gasteiger partial charge in [-0.25, -0.2) is 0 Å². The molecule has 15 heavy (non-hydrogen) atoms. The van der Waals surface area contributed by atoms with Crippen LogP contribution in [0.25, 0.3) is 0 Å². The van der Waals surface area contributed by atoms with E-state index in [4.69, 9.17) is 0 Å². The van der Waals surface area contributed by atoms with Crippen LogP contribution in [-0.2, 0) is 0 Å². The first kappa shape index (κ1) is 9.92. The Balaban J connectivity index is 2.11. The number of non-ortho nitro benzene ring substituents is 1. The Labute approximate surface area is 87.8 Å². The highest BCUT2D eigenvalue weighted by Gasteiger charge is 2.12. The van der Waals surface area contributed by atoms with E-state index in [1.165, 1.54) is 12.1 Å². The molecule has 1 aliphatic rings. The van der Waals surface area contributed by atoms with Crippen molar-refractivity contribution in [2.24, 2.45) is 0 Å². The number of anilines is 1. The van der Waals surface area contributed by atoms with Gasteiger partial charge in [0, 0.05) is 37.5 Å². The van der Waals surface area contributed by atoms with Gasteiger partial charge in [-0.1, -0.05) is 0 Å². The van der Waals surface area contributed by atoms with Crippen LogP contribution in [0.2, 0.25) is 0 Å². The van der Waals surface area contributed by atoms with E-state index in [9.17, 15) is 10.1 Å². The molecule has 5 nitrogen and oxygen atoms in total. The van der Waals surface area contributed by atoms with Crippen LogP contribution in [0.4, 0.5) is 11.4 Å². The Morgan fingerprint density at radius 3 is 2.60 bits per heavy atom. The van der Waals surface area contributed by atoms with Gasteiger partial charge in [0.25, 0.3) is 5.69 Å². The number of nitro benzene ring substituents is 1. The van der Waals surface area contributed by atoms with Crippen LogP contribution in [0, 0.1) is 16.7 Å². The highest BCUT2D eigenvalue weighted by Crippen LogP contribution is 2.20. The molecule has 1 aliphatic heterocycles. The summed E-state index contributed by atoms with van der Waals surface area (Å²) in [4.78, 5) is 12.2. The average Bonchev–Trinajstić information content (AvgIpc) is 2.30. The topological polar surface area (TPSA) is 58.4 Å². The quantitative estimate of drug-likeness (QED) is 0.583. The molecule has 0 amide bonds. The molecule has 5 heteroatoms. The van der Waals surface area contributed by atoms with E-state index in [2.05, 4.69) is 10.2 Å². The number of nitro groups is 1. The number of nitrogens with one attached hydrogen (secondary N) is 1. The van der Waals surface area contributed by atoms with Crippen LogP contribution in [-0.4, -0.2) is 24.6 Å². The van der Waals surface area contributed by atoms with Gasteiger partial charge in [-0.3, -0.25) is 10.1 Å². The summed E-state index contributed by atoms with van der Waals surface area (Å²) in [5.41, 5.74) is 1.14. The molecule has 1 N–H and O–H groups in total. The SMILES string of the molecule is O=[N+]([O-])c1ccc(N2[CH]CNCC2)cc1. The van der Waals surface area contributed by atoms with Crippen molar-refractivity contribution >= 4 is 11.4 Å². The first-order valence-electron chi connectivity index (χ1n) is 4.82. The first-order valence-corrected chi connectivity index (χ1v) is 4.82. The van der Waals surface area contributed by atoms with Crippen LogP contribution in [0.15, 0.2) is 24.3 Å². The molecule has 0 aromatic heterocycles. The molecule has 1 radical (unpaired) electrons. The minimum atomic E-state index is -0.384. The Morgan fingerprint density at radius 1 is 1.33 bits per heavy atom. The van der Waals surface area contributed by atoms with Gasteiger partial charge in [-0.15, -0.1) is 0 Å². The standard InChI is InChI=1S/C10H12N3O2/c14-13(15)10-3-1-9(2-4-10)12-7-5-11-6-8-12/h1-4,7,11H,5-6,8H2. The highest BCUT2D eigenvalue weighted by atomic mass is 16.6. The lowest BCUT2D eigenvalue weighted by molar-refractivity contribution is -0.384. The van der Waals surface area contributed by atoms with E-state index in [0.29, 0.717) is 0 Å². The van der Waals surface area contributed by atoms with Gasteiger partial charge in [0.05, 0.1) is 11.5 Å². The third-order valence-electron chi connectivity index (χ3n) is 2.38. The number of nitrogens with zero attached hydrogens (tertiary/aromatic N) is 2. The lowest BCUT2D eigenvalue weighted by Gasteiger charge is -2.28.